The van der Waals surface area contributed by atoms with E-state index in [0.717, 1.165) is 34.2 Å². The number of ether oxygens (including phenoxy) is 3. The molecule has 3 aromatic carbocycles. The predicted molar refractivity (Wildman–Crippen MR) is 205 cm³/mol. The van der Waals surface area contributed by atoms with Gasteiger partial charge < -0.3 is 24.8 Å². The number of Topliss-reactive ketones (excluding diaryl/α,β-unsaturated/α-hetero) is 2. The Balaban J connectivity index is 1.73. The summed E-state index contributed by atoms with van der Waals surface area (Å²) in [4.78, 5) is 53.8. The van der Waals surface area contributed by atoms with Gasteiger partial charge in [0, 0.05) is 36.1 Å². The maximum atomic E-state index is 13.9. The summed E-state index contributed by atoms with van der Waals surface area (Å²) in [6.07, 6.45) is 1.18. The SMILES string of the molecule is CC/C=C(C)\C(NC(=O)COCC(=O)Nc1c(C)cc(C)c(C(=O)C(OCC)c2ccccc2)c1C)=C(\C)C(C)C(=O)C(OCC)c1ccccc1. The number of rotatable bonds is 19. The Morgan fingerprint density at radius 2 is 1.29 bits per heavy atom. The molecule has 3 rings (SSSR count). The average Bonchev–Trinajstić information content (AvgIpc) is 3.13. The van der Waals surface area contributed by atoms with Crippen molar-refractivity contribution in [3.8, 4) is 0 Å². The third-order valence-electron chi connectivity index (χ3n) is 8.96. The normalized spacial score (nSPS) is 13.8. The predicted octanol–water partition coefficient (Wildman–Crippen LogP) is 8.26. The monoisotopic (exact) mass is 710 g/mol. The largest absolute Gasteiger partial charge is 0.366 e. The van der Waals surface area contributed by atoms with E-state index in [1.807, 2.05) is 128 Å². The van der Waals surface area contributed by atoms with Crippen LogP contribution in [0.5, 0.6) is 0 Å². The standard InChI is InChI=1S/C43H54N2O7/c1-10-19-27(4)38(30(7)31(8)40(48)42(51-11-2)33-20-15-13-16-21-33)44-35(46)25-50-26-36(47)45-39-29(6)24-28(5)37(32(39)9)41(49)43(52-12-3)34-22-17-14-18-23-34/h13-24,31,42-43H,10-12,25-26H2,1-9H3,(H,44,46)(H,45,47)/b27-19-,38-30+. The molecule has 52 heavy (non-hydrogen) atoms. The minimum absolute atomic E-state index is 0.116. The Labute approximate surface area is 308 Å². The molecule has 0 aromatic heterocycles. The van der Waals surface area contributed by atoms with E-state index in [9.17, 15) is 19.2 Å². The van der Waals surface area contributed by atoms with Crippen LogP contribution in [0.1, 0.15) is 98.3 Å². The van der Waals surface area contributed by atoms with Crippen LogP contribution in [-0.2, 0) is 28.6 Å². The van der Waals surface area contributed by atoms with Crippen molar-refractivity contribution in [2.75, 3.05) is 31.7 Å². The molecule has 3 unspecified atom stereocenters. The molecule has 0 aliphatic carbocycles. The number of carbonyl (C=O) groups excluding carboxylic acids is 4. The molecule has 0 aliphatic rings. The van der Waals surface area contributed by atoms with Crippen LogP contribution in [0.25, 0.3) is 0 Å². The van der Waals surface area contributed by atoms with E-state index in [1.54, 1.807) is 6.92 Å². The van der Waals surface area contributed by atoms with E-state index in [2.05, 4.69) is 10.6 Å². The van der Waals surface area contributed by atoms with E-state index < -0.39 is 36.5 Å². The van der Waals surface area contributed by atoms with Crippen LogP contribution in [0.15, 0.2) is 89.6 Å². The van der Waals surface area contributed by atoms with Gasteiger partial charge in [-0.2, -0.15) is 0 Å². The van der Waals surface area contributed by atoms with Crippen molar-refractivity contribution in [2.24, 2.45) is 5.92 Å². The summed E-state index contributed by atoms with van der Waals surface area (Å²) in [6.45, 7) is 16.7. The third kappa shape index (κ3) is 10.9. The number of allylic oxidation sites excluding steroid dienone is 3. The van der Waals surface area contributed by atoms with E-state index in [1.165, 1.54) is 0 Å². The number of aryl methyl sites for hydroxylation is 2. The lowest BCUT2D eigenvalue weighted by molar-refractivity contribution is -0.133. The number of hydrogen-bond acceptors (Lipinski definition) is 7. The summed E-state index contributed by atoms with van der Waals surface area (Å²) in [5, 5.41) is 5.81. The zero-order chi connectivity index (χ0) is 38.4. The van der Waals surface area contributed by atoms with Crippen LogP contribution in [0, 0.1) is 26.7 Å². The molecule has 0 bridgehead atoms. The van der Waals surface area contributed by atoms with Crippen LogP contribution in [-0.4, -0.2) is 49.8 Å². The number of benzene rings is 3. The van der Waals surface area contributed by atoms with Gasteiger partial charge in [-0.1, -0.05) is 86.7 Å². The topological polar surface area (TPSA) is 120 Å². The molecule has 3 atom stereocenters. The van der Waals surface area contributed by atoms with E-state index in [0.29, 0.717) is 41.3 Å². The van der Waals surface area contributed by atoms with Crippen molar-refractivity contribution in [3.05, 3.63) is 123 Å². The summed E-state index contributed by atoms with van der Waals surface area (Å²) in [5.74, 6) is -1.80. The fourth-order valence-corrected chi connectivity index (χ4v) is 6.30. The molecule has 0 saturated heterocycles. The van der Waals surface area contributed by atoms with Crippen molar-refractivity contribution < 1.29 is 33.4 Å². The van der Waals surface area contributed by atoms with Gasteiger partial charge in [0.25, 0.3) is 0 Å². The quantitative estimate of drug-likeness (QED) is 0.0950. The molecule has 9 nitrogen and oxygen atoms in total. The molecule has 0 heterocycles. The minimum atomic E-state index is -0.786. The zero-order valence-corrected chi connectivity index (χ0v) is 32.1. The summed E-state index contributed by atoms with van der Waals surface area (Å²) >= 11 is 0. The smallest absolute Gasteiger partial charge is 0.250 e. The number of carbonyl (C=O) groups is 4. The molecule has 9 heteroatoms. The van der Waals surface area contributed by atoms with Crippen LogP contribution < -0.4 is 10.6 Å². The highest BCUT2D eigenvalue weighted by molar-refractivity contribution is 6.05. The molecule has 3 aromatic rings. The van der Waals surface area contributed by atoms with Gasteiger partial charge in [-0.05, 0) is 93.9 Å². The van der Waals surface area contributed by atoms with Gasteiger partial charge >= 0.3 is 0 Å². The van der Waals surface area contributed by atoms with Gasteiger partial charge in [0.15, 0.2) is 11.6 Å². The first-order chi connectivity index (χ1) is 24.9. The molecule has 0 spiro atoms. The Bertz CT molecular complexity index is 1760. The van der Waals surface area contributed by atoms with Crippen molar-refractivity contribution in [1.82, 2.24) is 5.32 Å². The fourth-order valence-electron chi connectivity index (χ4n) is 6.30. The molecule has 0 aliphatic heterocycles. The van der Waals surface area contributed by atoms with Crippen molar-refractivity contribution >= 4 is 29.1 Å². The number of hydrogen-bond donors (Lipinski definition) is 2. The van der Waals surface area contributed by atoms with E-state index in [-0.39, 0.29) is 18.2 Å². The van der Waals surface area contributed by atoms with Crippen molar-refractivity contribution in [3.63, 3.8) is 0 Å². The Morgan fingerprint density at radius 3 is 1.85 bits per heavy atom. The average molecular weight is 711 g/mol. The van der Waals surface area contributed by atoms with E-state index in [4.69, 9.17) is 14.2 Å². The summed E-state index contributed by atoms with van der Waals surface area (Å²) in [6, 6.07) is 20.6. The second-order valence-corrected chi connectivity index (χ2v) is 12.8. The Kier molecular flexibility index (Phi) is 16.3. The summed E-state index contributed by atoms with van der Waals surface area (Å²) in [7, 11) is 0. The number of amides is 2. The van der Waals surface area contributed by atoms with Gasteiger partial charge in [-0.25, -0.2) is 0 Å². The van der Waals surface area contributed by atoms with Crippen LogP contribution >= 0.6 is 0 Å². The highest BCUT2D eigenvalue weighted by atomic mass is 16.5. The number of ketones is 2. The molecule has 2 amide bonds. The lowest BCUT2D eigenvalue weighted by Gasteiger charge is -2.23. The molecule has 0 radical (unpaired) electrons. The van der Waals surface area contributed by atoms with Gasteiger partial charge in [0.2, 0.25) is 11.8 Å². The Morgan fingerprint density at radius 1 is 0.750 bits per heavy atom. The van der Waals surface area contributed by atoms with Crippen LogP contribution in [0.3, 0.4) is 0 Å². The number of nitrogens with one attached hydrogen (secondary N) is 2. The zero-order valence-electron chi connectivity index (χ0n) is 32.1. The highest BCUT2D eigenvalue weighted by Crippen LogP contribution is 2.32. The fraction of sp³-hybridized carbons (Fsp3) is 0.395. The van der Waals surface area contributed by atoms with Crippen molar-refractivity contribution in [1.29, 1.82) is 0 Å². The summed E-state index contributed by atoms with van der Waals surface area (Å²) < 4.78 is 17.3. The molecule has 2 N–H and O–H groups in total. The summed E-state index contributed by atoms with van der Waals surface area (Å²) in [5.41, 5.74) is 6.75. The van der Waals surface area contributed by atoms with Crippen LogP contribution in [0.2, 0.25) is 0 Å². The van der Waals surface area contributed by atoms with Gasteiger partial charge in [-0.3, -0.25) is 19.2 Å². The lowest BCUT2D eigenvalue weighted by Crippen LogP contribution is -2.32. The van der Waals surface area contributed by atoms with E-state index >= 15 is 0 Å². The van der Waals surface area contributed by atoms with Gasteiger partial charge in [0.05, 0.1) is 0 Å². The molecule has 278 valence electrons. The maximum Gasteiger partial charge on any atom is 0.250 e. The van der Waals surface area contributed by atoms with Crippen molar-refractivity contribution in [2.45, 2.75) is 80.9 Å². The first-order valence-electron chi connectivity index (χ1n) is 17.9. The van der Waals surface area contributed by atoms with Gasteiger partial charge in [-0.15, -0.1) is 0 Å². The second-order valence-electron chi connectivity index (χ2n) is 12.8. The molecular formula is C43H54N2O7. The van der Waals surface area contributed by atoms with Gasteiger partial charge in [0.1, 0.15) is 25.4 Å². The Hall–Kier alpha value is -4.70. The van der Waals surface area contributed by atoms with Crippen LogP contribution in [0.4, 0.5) is 5.69 Å². The molecule has 0 saturated carbocycles. The molecular weight excluding hydrogens is 656 g/mol. The first kappa shape index (κ1) is 41.7. The highest BCUT2D eigenvalue weighted by Gasteiger charge is 2.29. The maximum absolute atomic E-state index is 13.9. The third-order valence-corrected chi connectivity index (χ3v) is 8.96. The second kappa shape index (κ2) is 20.4. The minimum Gasteiger partial charge on any atom is -0.366 e. The first-order valence-corrected chi connectivity index (χ1v) is 17.9. The number of anilines is 1. The molecule has 0 fully saturated rings. The lowest BCUT2D eigenvalue weighted by atomic mass is 9.88.